The SMILES string of the molecule is CCOc1ccc(CN(C)C(=O)C2CC(=O)N(c3ccc(OC)cc3)C2)cc1. The van der Waals surface area contributed by atoms with Gasteiger partial charge in [-0.25, -0.2) is 0 Å². The van der Waals surface area contributed by atoms with Crippen LogP contribution in [0.4, 0.5) is 5.69 Å². The van der Waals surface area contributed by atoms with Crippen LogP contribution in [0.1, 0.15) is 18.9 Å². The van der Waals surface area contributed by atoms with E-state index in [-0.39, 0.29) is 24.2 Å². The number of rotatable bonds is 7. The highest BCUT2D eigenvalue weighted by Gasteiger charge is 2.36. The van der Waals surface area contributed by atoms with Gasteiger partial charge in [0.2, 0.25) is 11.8 Å². The first-order chi connectivity index (χ1) is 13.5. The fraction of sp³-hybridized carbons (Fsp3) is 0.364. The van der Waals surface area contributed by atoms with Crippen molar-refractivity contribution >= 4 is 17.5 Å². The van der Waals surface area contributed by atoms with Gasteiger partial charge >= 0.3 is 0 Å². The topological polar surface area (TPSA) is 59.1 Å². The third kappa shape index (κ3) is 4.44. The highest BCUT2D eigenvalue weighted by atomic mass is 16.5. The molecule has 0 bridgehead atoms. The highest BCUT2D eigenvalue weighted by Crippen LogP contribution is 2.28. The molecule has 6 heteroatoms. The van der Waals surface area contributed by atoms with E-state index in [1.807, 2.05) is 55.5 Å². The summed E-state index contributed by atoms with van der Waals surface area (Å²) in [4.78, 5) is 28.6. The number of anilines is 1. The molecule has 148 valence electrons. The summed E-state index contributed by atoms with van der Waals surface area (Å²) in [6.45, 7) is 3.46. The van der Waals surface area contributed by atoms with Crippen LogP contribution in [0.15, 0.2) is 48.5 Å². The molecule has 1 heterocycles. The Kier molecular flexibility index (Phi) is 6.19. The predicted molar refractivity (Wildman–Crippen MR) is 108 cm³/mol. The standard InChI is InChI=1S/C22H26N2O4/c1-4-28-20-9-5-16(6-10-20)14-23(2)22(26)17-13-21(25)24(15-17)18-7-11-19(27-3)12-8-18/h5-12,17H,4,13-15H2,1-3H3. The monoisotopic (exact) mass is 382 g/mol. The number of ether oxygens (including phenoxy) is 2. The predicted octanol–water partition coefficient (Wildman–Crippen LogP) is 3.11. The Labute approximate surface area is 165 Å². The van der Waals surface area contributed by atoms with Gasteiger partial charge in [0.25, 0.3) is 0 Å². The lowest BCUT2D eigenvalue weighted by Crippen LogP contribution is -2.34. The molecule has 0 aromatic heterocycles. The average molecular weight is 382 g/mol. The van der Waals surface area contributed by atoms with Crippen molar-refractivity contribution in [1.82, 2.24) is 4.90 Å². The van der Waals surface area contributed by atoms with Gasteiger partial charge < -0.3 is 19.3 Å². The lowest BCUT2D eigenvalue weighted by atomic mass is 10.1. The molecule has 0 radical (unpaired) electrons. The van der Waals surface area contributed by atoms with Crippen LogP contribution in [0.5, 0.6) is 11.5 Å². The van der Waals surface area contributed by atoms with Crippen molar-refractivity contribution in [1.29, 1.82) is 0 Å². The van der Waals surface area contributed by atoms with Crippen molar-refractivity contribution in [3.05, 3.63) is 54.1 Å². The summed E-state index contributed by atoms with van der Waals surface area (Å²) < 4.78 is 10.6. The molecule has 1 unspecified atom stereocenters. The molecule has 28 heavy (non-hydrogen) atoms. The molecule has 0 N–H and O–H groups in total. The maximum Gasteiger partial charge on any atom is 0.228 e. The first-order valence-corrected chi connectivity index (χ1v) is 9.43. The zero-order valence-electron chi connectivity index (χ0n) is 16.6. The van der Waals surface area contributed by atoms with Crippen LogP contribution in [0, 0.1) is 5.92 Å². The minimum absolute atomic E-state index is 0.0155. The van der Waals surface area contributed by atoms with Crippen molar-refractivity contribution in [3.63, 3.8) is 0 Å². The fourth-order valence-electron chi connectivity index (χ4n) is 3.41. The van der Waals surface area contributed by atoms with Crippen LogP contribution in [0.2, 0.25) is 0 Å². The molecular formula is C22H26N2O4. The van der Waals surface area contributed by atoms with Crippen molar-refractivity contribution in [2.75, 3.05) is 32.2 Å². The summed E-state index contributed by atoms with van der Waals surface area (Å²) in [6.07, 6.45) is 0.235. The minimum Gasteiger partial charge on any atom is -0.497 e. The van der Waals surface area contributed by atoms with E-state index >= 15 is 0 Å². The molecule has 1 aliphatic rings. The van der Waals surface area contributed by atoms with Crippen LogP contribution in [0.3, 0.4) is 0 Å². The lowest BCUT2D eigenvalue weighted by molar-refractivity contribution is -0.135. The zero-order chi connectivity index (χ0) is 20.1. The summed E-state index contributed by atoms with van der Waals surface area (Å²) >= 11 is 0. The number of methoxy groups -OCH3 is 1. The molecule has 1 aliphatic heterocycles. The van der Waals surface area contributed by atoms with Gasteiger partial charge in [-0.05, 0) is 48.9 Å². The number of hydrogen-bond donors (Lipinski definition) is 0. The average Bonchev–Trinajstić information content (AvgIpc) is 3.10. The van der Waals surface area contributed by atoms with E-state index in [4.69, 9.17) is 9.47 Å². The van der Waals surface area contributed by atoms with E-state index in [0.717, 1.165) is 22.7 Å². The molecule has 1 saturated heterocycles. The second-order valence-corrected chi connectivity index (χ2v) is 6.87. The maximum atomic E-state index is 12.8. The van der Waals surface area contributed by atoms with Crippen molar-refractivity contribution in [2.45, 2.75) is 19.9 Å². The summed E-state index contributed by atoms with van der Waals surface area (Å²) in [5.74, 6) is 1.17. The molecule has 1 atom stereocenters. The van der Waals surface area contributed by atoms with Gasteiger partial charge in [0.1, 0.15) is 11.5 Å². The second-order valence-electron chi connectivity index (χ2n) is 6.87. The van der Waals surface area contributed by atoms with E-state index in [1.165, 1.54) is 0 Å². The quantitative estimate of drug-likeness (QED) is 0.738. The van der Waals surface area contributed by atoms with Crippen LogP contribution < -0.4 is 14.4 Å². The molecule has 0 spiro atoms. The maximum absolute atomic E-state index is 12.8. The number of nitrogens with zero attached hydrogens (tertiary/aromatic N) is 2. The second kappa shape index (κ2) is 8.78. The van der Waals surface area contributed by atoms with E-state index in [0.29, 0.717) is 19.7 Å². The Morgan fingerprint density at radius 2 is 1.75 bits per heavy atom. The highest BCUT2D eigenvalue weighted by molar-refractivity contribution is 6.00. The molecule has 6 nitrogen and oxygen atoms in total. The molecule has 1 fully saturated rings. The molecule has 3 rings (SSSR count). The molecule has 2 aromatic carbocycles. The Morgan fingerprint density at radius 1 is 1.11 bits per heavy atom. The van der Waals surface area contributed by atoms with Crippen molar-refractivity contribution < 1.29 is 19.1 Å². The third-order valence-electron chi connectivity index (χ3n) is 4.89. The first kappa shape index (κ1) is 19.7. The van der Waals surface area contributed by atoms with Crippen LogP contribution >= 0.6 is 0 Å². The van der Waals surface area contributed by atoms with Gasteiger partial charge in [0.15, 0.2) is 0 Å². The van der Waals surface area contributed by atoms with E-state index in [9.17, 15) is 9.59 Å². The molecule has 0 aliphatic carbocycles. The third-order valence-corrected chi connectivity index (χ3v) is 4.89. The molecule has 2 aromatic rings. The Hall–Kier alpha value is -3.02. The summed E-state index contributed by atoms with van der Waals surface area (Å²) in [5, 5.41) is 0. The fourth-order valence-corrected chi connectivity index (χ4v) is 3.41. The molecular weight excluding hydrogens is 356 g/mol. The van der Waals surface area contributed by atoms with Gasteiger partial charge in [0, 0.05) is 32.2 Å². The smallest absolute Gasteiger partial charge is 0.228 e. The first-order valence-electron chi connectivity index (χ1n) is 9.43. The Balaban J connectivity index is 1.61. The molecule has 0 saturated carbocycles. The number of carbonyl (C=O) groups is 2. The lowest BCUT2D eigenvalue weighted by Gasteiger charge is -2.22. The van der Waals surface area contributed by atoms with Gasteiger partial charge in [-0.3, -0.25) is 9.59 Å². The van der Waals surface area contributed by atoms with E-state index in [2.05, 4.69) is 0 Å². The largest absolute Gasteiger partial charge is 0.497 e. The van der Waals surface area contributed by atoms with E-state index < -0.39 is 0 Å². The Bertz CT molecular complexity index is 817. The van der Waals surface area contributed by atoms with Gasteiger partial charge in [-0.1, -0.05) is 12.1 Å². The minimum atomic E-state index is -0.331. The van der Waals surface area contributed by atoms with Crippen molar-refractivity contribution in [3.8, 4) is 11.5 Å². The summed E-state index contributed by atoms with van der Waals surface area (Å²) in [5.41, 5.74) is 1.81. The van der Waals surface area contributed by atoms with Gasteiger partial charge in [0.05, 0.1) is 19.6 Å². The van der Waals surface area contributed by atoms with Gasteiger partial charge in [-0.2, -0.15) is 0 Å². The van der Waals surface area contributed by atoms with Crippen LogP contribution in [0.25, 0.3) is 0 Å². The van der Waals surface area contributed by atoms with Crippen molar-refractivity contribution in [2.24, 2.45) is 5.92 Å². The van der Waals surface area contributed by atoms with Gasteiger partial charge in [-0.15, -0.1) is 0 Å². The van der Waals surface area contributed by atoms with Crippen LogP contribution in [-0.2, 0) is 16.1 Å². The number of amides is 2. The number of hydrogen-bond acceptors (Lipinski definition) is 4. The Morgan fingerprint density at radius 3 is 2.36 bits per heavy atom. The summed E-state index contributed by atoms with van der Waals surface area (Å²) in [6, 6.07) is 15.0. The number of carbonyl (C=O) groups excluding carboxylic acids is 2. The zero-order valence-corrected chi connectivity index (χ0v) is 16.6. The number of benzene rings is 2. The summed E-state index contributed by atoms with van der Waals surface area (Å²) in [7, 11) is 3.38. The van der Waals surface area contributed by atoms with E-state index in [1.54, 1.807) is 24.0 Å². The normalized spacial score (nSPS) is 16.2. The van der Waals surface area contributed by atoms with Crippen LogP contribution in [-0.4, -0.2) is 44.0 Å². The molecule has 2 amide bonds.